The summed E-state index contributed by atoms with van der Waals surface area (Å²) in [5.74, 6) is 1.17. The van der Waals surface area contributed by atoms with Gasteiger partial charge >= 0.3 is 0 Å². The molecule has 1 saturated heterocycles. The normalized spacial score (nSPS) is 19.6. The second-order valence-electron chi connectivity index (χ2n) is 3.77. The zero-order valence-electron chi connectivity index (χ0n) is 9.46. The molecule has 1 amide bonds. The van der Waals surface area contributed by atoms with Crippen molar-refractivity contribution in [3.8, 4) is 0 Å². The van der Waals surface area contributed by atoms with Gasteiger partial charge in [-0.15, -0.1) is 0 Å². The summed E-state index contributed by atoms with van der Waals surface area (Å²) in [5, 5.41) is 8.81. The van der Waals surface area contributed by atoms with Crippen molar-refractivity contribution in [1.82, 2.24) is 15.3 Å². The number of carbonyl (C=O) groups excluding carboxylic acids is 1. The molecule has 0 aromatic carbocycles. The van der Waals surface area contributed by atoms with Crippen molar-refractivity contribution in [2.75, 3.05) is 24.2 Å². The fourth-order valence-corrected chi connectivity index (χ4v) is 1.97. The standard InChI is InChI=1S/C10H14BrN5O/c1-12-10-14-5-6(11)8(16-10)15-7-3-2-4-13-9(7)17/h5,7H,2-4H2,1H3,(H,13,17)(H2,12,14,15,16). The molecule has 1 unspecified atom stereocenters. The van der Waals surface area contributed by atoms with Crippen LogP contribution in [-0.4, -0.2) is 35.5 Å². The molecule has 2 rings (SSSR count). The molecule has 1 aromatic rings. The fraction of sp³-hybridized carbons (Fsp3) is 0.500. The van der Waals surface area contributed by atoms with Gasteiger partial charge in [-0.2, -0.15) is 4.98 Å². The SMILES string of the molecule is CNc1ncc(Br)c(NC2CCCNC2=O)n1. The van der Waals surface area contributed by atoms with E-state index in [0.29, 0.717) is 11.8 Å². The Morgan fingerprint density at radius 1 is 1.59 bits per heavy atom. The van der Waals surface area contributed by atoms with E-state index in [0.717, 1.165) is 23.9 Å². The van der Waals surface area contributed by atoms with Gasteiger partial charge in [0.2, 0.25) is 11.9 Å². The molecule has 0 spiro atoms. The Labute approximate surface area is 108 Å². The Kier molecular flexibility index (Phi) is 3.78. The first kappa shape index (κ1) is 12.1. The fourth-order valence-electron chi connectivity index (χ4n) is 1.66. The molecular formula is C10H14BrN5O. The molecule has 1 aromatic heterocycles. The summed E-state index contributed by atoms with van der Waals surface area (Å²) < 4.78 is 0.745. The Hall–Kier alpha value is -1.37. The van der Waals surface area contributed by atoms with Gasteiger partial charge in [-0.25, -0.2) is 4.98 Å². The van der Waals surface area contributed by atoms with Crippen molar-refractivity contribution < 1.29 is 4.79 Å². The highest BCUT2D eigenvalue weighted by molar-refractivity contribution is 9.10. The first-order chi connectivity index (χ1) is 8.20. The van der Waals surface area contributed by atoms with Crippen molar-refractivity contribution in [3.63, 3.8) is 0 Å². The first-order valence-corrected chi connectivity index (χ1v) is 6.24. The number of rotatable bonds is 3. The molecule has 1 aliphatic heterocycles. The van der Waals surface area contributed by atoms with Gasteiger partial charge in [0.15, 0.2) is 0 Å². The van der Waals surface area contributed by atoms with Gasteiger partial charge in [0.05, 0.1) is 4.47 Å². The molecular weight excluding hydrogens is 286 g/mol. The number of halogens is 1. The minimum Gasteiger partial charge on any atom is -0.357 e. The van der Waals surface area contributed by atoms with Crippen molar-refractivity contribution in [1.29, 1.82) is 0 Å². The van der Waals surface area contributed by atoms with Crippen LogP contribution in [0, 0.1) is 0 Å². The van der Waals surface area contributed by atoms with Gasteiger partial charge in [-0.05, 0) is 28.8 Å². The van der Waals surface area contributed by atoms with Crippen molar-refractivity contribution in [3.05, 3.63) is 10.7 Å². The lowest BCUT2D eigenvalue weighted by atomic mass is 10.1. The summed E-state index contributed by atoms with van der Waals surface area (Å²) in [6.07, 6.45) is 3.45. The molecule has 3 N–H and O–H groups in total. The number of nitrogens with one attached hydrogen (secondary N) is 3. The lowest BCUT2D eigenvalue weighted by molar-refractivity contribution is -0.123. The maximum atomic E-state index is 11.6. The Morgan fingerprint density at radius 2 is 2.41 bits per heavy atom. The van der Waals surface area contributed by atoms with Crippen LogP contribution in [0.4, 0.5) is 11.8 Å². The van der Waals surface area contributed by atoms with Crippen molar-refractivity contribution in [2.45, 2.75) is 18.9 Å². The van der Waals surface area contributed by atoms with Gasteiger partial charge in [0, 0.05) is 19.8 Å². The molecule has 92 valence electrons. The van der Waals surface area contributed by atoms with Gasteiger partial charge in [0.1, 0.15) is 11.9 Å². The van der Waals surface area contributed by atoms with Crippen LogP contribution in [0.15, 0.2) is 10.7 Å². The molecule has 0 bridgehead atoms. The van der Waals surface area contributed by atoms with E-state index in [1.807, 2.05) is 0 Å². The van der Waals surface area contributed by atoms with Crippen LogP contribution in [-0.2, 0) is 4.79 Å². The predicted octanol–water partition coefficient (Wildman–Crippen LogP) is 0.971. The number of amides is 1. The van der Waals surface area contributed by atoms with Gasteiger partial charge in [-0.1, -0.05) is 0 Å². The van der Waals surface area contributed by atoms with Gasteiger partial charge in [-0.3, -0.25) is 4.79 Å². The average molecular weight is 300 g/mol. The molecule has 17 heavy (non-hydrogen) atoms. The second-order valence-corrected chi connectivity index (χ2v) is 4.62. The number of hydrogen-bond acceptors (Lipinski definition) is 5. The van der Waals surface area contributed by atoms with Gasteiger partial charge in [0.25, 0.3) is 0 Å². The lowest BCUT2D eigenvalue weighted by Crippen LogP contribution is -2.44. The summed E-state index contributed by atoms with van der Waals surface area (Å²) in [4.78, 5) is 19.9. The highest BCUT2D eigenvalue weighted by Gasteiger charge is 2.22. The molecule has 7 heteroatoms. The molecule has 6 nitrogen and oxygen atoms in total. The predicted molar refractivity (Wildman–Crippen MR) is 68.9 cm³/mol. The minimum absolute atomic E-state index is 0.0211. The first-order valence-electron chi connectivity index (χ1n) is 5.45. The van der Waals surface area contributed by atoms with E-state index in [1.54, 1.807) is 13.2 Å². The lowest BCUT2D eigenvalue weighted by Gasteiger charge is -2.23. The Bertz CT molecular complexity index is 425. The summed E-state index contributed by atoms with van der Waals surface area (Å²) in [5.41, 5.74) is 0. The molecule has 0 saturated carbocycles. The third-order valence-electron chi connectivity index (χ3n) is 2.56. The van der Waals surface area contributed by atoms with E-state index in [2.05, 4.69) is 41.8 Å². The van der Waals surface area contributed by atoms with Crippen molar-refractivity contribution >= 4 is 33.6 Å². The maximum absolute atomic E-state index is 11.6. The highest BCUT2D eigenvalue weighted by Crippen LogP contribution is 2.22. The highest BCUT2D eigenvalue weighted by atomic mass is 79.9. The average Bonchev–Trinajstić information content (AvgIpc) is 2.35. The number of carbonyl (C=O) groups is 1. The maximum Gasteiger partial charge on any atom is 0.242 e. The number of piperidine rings is 1. The summed E-state index contributed by atoms with van der Waals surface area (Å²) >= 11 is 3.36. The van der Waals surface area contributed by atoms with Crippen LogP contribution in [0.1, 0.15) is 12.8 Å². The summed E-state index contributed by atoms with van der Waals surface area (Å²) in [6, 6.07) is -0.223. The van der Waals surface area contributed by atoms with Crippen LogP contribution in [0.2, 0.25) is 0 Å². The van der Waals surface area contributed by atoms with Crippen LogP contribution in [0.25, 0.3) is 0 Å². The summed E-state index contributed by atoms with van der Waals surface area (Å²) in [7, 11) is 1.75. The summed E-state index contributed by atoms with van der Waals surface area (Å²) in [6.45, 7) is 0.754. The number of hydrogen-bond donors (Lipinski definition) is 3. The van der Waals surface area contributed by atoms with E-state index < -0.39 is 0 Å². The van der Waals surface area contributed by atoms with Crippen molar-refractivity contribution in [2.24, 2.45) is 0 Å². The molecule has 1 aliphatic rings. The molecule has 0 radical (unpaired) electrons. The van der Waals surface area contributed by atoms with E-state index in [1.165, 1.54) is 0 Å². The molecule has 0 aliphatic carbocycles. The zero-order valence-corrected chi connectivity index (χ0v) is 11.0. The van der Waals surface area contributed by atoms with Crippen LogP contribution < -0.4 is 16.0 Å². The van der Waals surface area contributed by atoms with E-state index >= 15 is 0 Å². The largest absolute Gasteiger partial charge is 0.357 e. The number of aromatic nitrogens is 2. The topological polar surface area (TPSA) is 78.9 Å². The quantitative estimate of drug-likeness (QED) is 0.775. The third-order valence-corrected chi connectivity index (χ3v) is 3.14. The minimum atomic E-state index is -0.223. The second kappa shape index (κ2) is 5.31. The van der Waals surface area contributed by atoms with E-state index in [4.69, 9.17) is 0 Å². The molecule has 1 atom stereocenters. The smallest absolute Gasteiger partial charge is 0.242 e. The van der Waals surface area contributed by atoms with Crippen LogP contribution in [0.5, 0.6) is 0 Å². The van der Waals surface area contributed by atoms with E-state index in [-0.39, 0.29) is 11.9 Å². The number of anilines is 2. The zero-order chi connectivity index (χ0) is 12.3. The van der Waals surface area contributed by atoms with Crippen LogP contribution >= 0.6 is 15.9 Å². The van der Waals surface area contributed by atoms with Crippen LogP contribution in [0.3, 0.4) is 0 Å². The van der Waals surface area contributed by atoms with E-state index in [9.17, 15) is 4.79 Å². The Balaban J connectivity index is 2.14. The molecule has 1 fully saturated rings. The Morgan fingerprint density at radius 3 is 3.12 bits per heavy atom. The third kappa shape index (κ3) is 2.85. The number of nitrogens with zero attached hydrogens (tertiary/aromatic N) is 2. The molecule has 2 heterocycles. The van der Waals surface area contributed by atoms with Gasteiger partial charge < -0.3 is 16.0 Å². The monoisotopic (exact) mass is 299 g/mol.